The fraction of sp³-hybridized carbons (Fsp3) is 0.308. The van der Waals surface area contributed by atoms with Crippen LogP contribution in [0, 0.1) is 0 Å². The number of nitrogens with zero attached hydrogens (tertiary/aromatic N) is 1. The van der Waals surface area contributed by atoms with E-state index in [0.29, 0.717) is 11.1 Å². The van der Waals surface area contributed by atoms with E-state index in [4.69, 9.17) is 11.6 Å². The van der Waals surface area contributed by atoms with Crippen molar-refractivity contribution in [3.8, 4) is 16.3 Å². The SMILES string of the molecule is CCNC(C)c1cnc(-c2ccc(O)c(Cl)c2)s1. The molecule has 96 valence electrons. The summed E-state index contributed by atoms with van der Waals surface area (Å²) in [5.74, 6) is 0.0956. The van der Waals surface area contributed by atoms with Gasteiger partial charge in [0.2, 0.25) is 0 Å². The summed E-state index contributed by atoms with van der Waals surface area (Å²) < 4.78 is 0. The lowest BCUT2D eigenvalue weighted by molar-refractivity contribution is 0.475. The molecule has 0 aliphatic heterocycles. The van der Waals surface area contributed by atoms with Gasteiger partial charge in [0.15, 0.2) is 0 Å². The predicted octanol–water partition coefficient (Wildman–Crippen LogP) is 3.84. The van der Waals surface area contributed by atoms with E-state index < -0.39 is 0 Å². The standard InChI is InChI=1S/C13H15ClN2OS/c1-3-15-8(2)12-7-16-13(18-12)9-4-5-11(17)10(14)6-9/h4-8,15,17H,3H2,1-2H3. The van der Waals surface area contributed by atoms with Gasteiger partial charge in [-0.15, -0.1) is 11.3 Å². The lowest BCUT2D eigenvalue weighted by Gasteiger charge is -2.08. The second-order valence-corrected chi connectivity index (χ2v) is 5.48. The highest BCUT2D eigenvalue weighted by atomic mass is 35.5. The minimum absolute atomic E-state index is 0.0956. The molecule has 0 aliphatic rings. The molecule has 2 N–H and O–H groups in total. The molecule has 0 radical (unpaired) electrons. The van der Waals surface area contributed by atoms with Gasteiger partial charge < -0.3 is 10.4 Å². The van der Waals surface area contributed by atoms with Gasteiger partial charge in [-0.1, -0.05) is 18.5 Å². The van der Waals surface area contributed by atoms with Crippen molar-refractivity contribution in [3.63, 3.8) is 0 Å². The number of thiazole rings is 1. The van der Waals surface area contributed by atoms with Gasteiger partial charge in [-0.2, -0.15) is 0 Å². The van der Waals surface area contributed by atoms with Gasteiger partial charge in [-0.3, -0.25) is 0 Å². The molecule has 1 aromatic carbocycles. The minimum atomic E-state index is 0.0956. The lowest BCUT2D eigenvalue weighted by atomic mass is 10.2. The topological polar surface area (TPSA) is 45.2 Å². The summed E-state index contributed by atoms with van der Waals surface area (Å²) in [6, 6.07) is 5.44. The number of aromatic hydroxyl groups is 1. The molecule has 0 aliphatic carbocycles. The third kappa shape index (κ3) is 2.83. The van der Waals surface area contributed by atoms with Crippen molar-refractivity contribution in [3.05, 3.63) is 34.3 Å². The molecule has 0 amide bonds. The third-order valence-corrected chi connectivity index (χ3v) is 4.19. The van der Waals surface area contributed by atoms with Crippen molar-refractivity contribution >= 4 is 22.9 Å². The van der Waals surface area contributed by atoms with Crippen LogP contribution >= 0.6 is 22.9 Å². The molecular weight excluding hydrogens is 268 g/mol. The average Bonchev–Trinajstić information content (AvgIpc) is 2.82. The van der Waals surface area contributed by atoms with E-state index in [2.05, 4.69) is 24.1 Å². The number of hydrogen-bond donors (Lipinski definition) is 2. The first-order valence-electron chi connectivity index (χ1n) is 5.79. The van der Waals surface area contributed by atoms with Gasteiger partial charge in [0.25, 0.3) is 0 Å². The normalized spacial score (nSPS) is 12.6. The number of rotatable bonds is 4. The van der Waals surface area contributed by atoms with Gasteiger partial charge >= 0.3 is 0 Å². The van der Waals surface area contributed by atoms with E-state index in [-0.39, 0.29) is 5.75 Å². The molecule has 18 heavy (non-hydrogen) atoms. The maximum atomic E-state index is 9.40. The molecule has 1 unspecified atom stereocenters. The van der Waals surface area contributed by atoms with Crippen LogP contribution in [0.5, 0.6) is 5.75 Å². The van der Waals surface area contributed by atoms with Crippen LogP contribution in [0.25, 0.3) is 10.6 Å². The number of nitrogens with one attached hydrogen (secondary N) is 1. The zero-order valence-corrected chi connectivity index (χ0v) is 11.8. The molecule has 0 fully saturated rings. The number of phenols is 1. The van der Waals surface area contributed by atoms with Gasteiger partial charge in [-0.25, -0.2) is 4.98 Å². The van der Waals surface area contributed by atoms with Crippen molar-refractivity contribution < 1.29 is 5.11 Å². The highest BCUT2D eigenvalue weighted by molar-refractivity contribution is 7.15. The van der Waals surface area contributed by atoms with Crippen LogP contribution in [0.3, 0.4) is 0 Å². The summed E-state index contributed by atoms with van der Waals surface area (Å²) >= 11 is 7.53. The fourth-order valence-corrected chi connectivity index (χ4v) is 2.79. The summed E-state index contributed by atoms with van der Waals surface area (Å²) in [6.07, 6.45) is 1.88. The molecule has 2 rings (SSSR count). The van der Waals surface area contributed by atoms with E-state index >= 15 is 0 Å². The van der Waals surface area contributed by atoms with Crippen LogP contribution in [-0.2, 0) is 0 Å². The number of aromatic nitrogens is 1. The number of phenolic OH excluding ortho intramolecular Hbond substituents is 1. The van der Waals surface area contributed by atoms with Crippen molar-refractivity contribution in [2.45, 2.75) is 19.9 Å². The Kier molecular flexibility index (Phi) is 4.22. The molecular formula is C13H15ClN2OS. The summed E-state index contributed by atoms with van der Waals surface area (Å²) in [4.78, 5) is 5.59. The summed E-state index contributed by atoms with van der Waals surface area (Å²) in [5, 5.41) is 14.0. The van der Waals surface area contributed by atoms with Gasteiger partial charge in [-0.05, 0) is 31.7 Å². The smallest absolute Gasteiger partial charge is 0.134 e. The fourth-order valence-electron chi connectivity index (χ4n) is 1.67. The van der Waals surface area contributed by atoms with E-state index in [0.717, 1.165) is 17.1 Å². The minimum Gasteiger partial charge on any atom is -0.506 e. The Morgan fingerprint density at radius 2 is 2.28 bits per heavy atom. The third-order valence-electron chi connectivity index (χ3n) is 2.66. The Labute approximate surface area is 115 Å². The number of halogens is 1. The van der Waals surface area contributed by atoms with Crippen LogP contribution in [0.15, 0.2) is 24.4 Å². The summed E-state index contributed by atoms with van der Waals surface area (Å²) in [7, 11) is 0. The Bertz CT molecular complexity index is 542. The maximum Gasteiger partial charge on any atom is 0.134 e. The highest BCUT2D eigenvalue weighted by Crippen LogP contribution is 2.33. The second kappa shape index (κ2) is 5.69. The molecule has 1 heterocycles. The number of hydrogen-bond acceptors (Lipinski definition) is 4. The quantitative estimate of drug-likeness (QED) is 0.895. The van der Waals surface area contributed by atoms with Crippen LogP contribution in [0.1, 0.15) is 24.8 Å². The second-order valence-electron chi connectivity index (χ2n) is 4.01. The molecule has 3 nitrogen and oxygen atoms in total. The Balaban J connectivity index is 2.26. The van der Waals surface area contributed by atoms with Crippen LogP contribution < -0.4 is 5.32 Å². The first-order valence-corrected chi connectivity index (χ1v) is 6.99. The Hall–Kier alpha value is -1.10. The van der Waals surface area contributed by atoms with E-state index in [9.17, 15) is 5.11 Å². The summed E-state index contributed by atoms with van der Waals surface area (Å²) in [5.41, 5.74) is 0.928. The highest BCUT2D eigenvalue weighted by Gasteiger charge is 2.11. The van der Waals surface area contributed by atoms with Gasteiger partial charge in [0.1, 0.15) is 10.8 Å². The largest absolute Gasteiger partial charge is 0.506 e. The molecule has 1 aromatic heterocycles. The van der Waals surface area contributed by atoms with Crippen molar-refractivity contribution in [1.82, 2.24) is 10.3 Å². The Morgan fingerprint density at radius 1 is 1.50 bits per heavy atom. The first-order chi connectivity index (χ1) is 8.61. The van der Waals surface area contributed by atoms with Gasteiger partial charge in [0.05, 0.1) is 5.02 Å². The molecule has 0 spiro atoms. The van der Waals surface area contributed by atoms with Crippen molar-refractivity contribution in [1.29, 1.82) is 0 Å². The van der Waals surface area contributed by atoms with Crippen LogP contribution in [0.4, 0.5) is 0 Å². The molecule has 5 heteroatoms. The molecule has 1 atom stereocenters. The molecule has 0 saturated carbocycles. The van der Waals surface area contributed by atoms with Crippen LogP contribution in [0.2, 0.25) is 5.02 Å². The van der Waals surface area contributed by atoms with E-state index in [1.54, 1.807) is 23.5 Å². The van der Waals surface area contributed by atoms with Crippen molar-refractivity contribution in [2.75, 3.05) is 6.54 Å². The maximum absolute atomic E-state index is 9.40. The molecule has 2 aromatic rings. The zero-order chi connectivity index (χ0) is 13.1. The van der Waals surface area contributed by atoms with E-state index in [1.165, 1.54) is 4.88 Å². The van der Waals surface area contributed by atoms with E-state index in [1.807, 2.05) is 12.3 Å². The average molecular weight is 283 g/mol. The van der Waals surface area contributed by atoms with Crippen LogP contribution in [-0.4, -0.2) is 16.6 Å². The molecule has 0 bridgehead atoms. The lowest BCUT2D eigenvalue weighted by Crippen LogP contribution is -2.16. The predicted molar refractivity (Wildman–Crippen MR) is 76.3 cm³/mol. The molecule has 0 saturated heterocycles. The van der Waals surface area contributed by atoms with Crippen molar-refractivity contribution in [2.24, 2.45) is 0 Å². The first kappa shape index (κ1) is 13.3. The summed E-state index contributed by atoms with van der Waals surface area (Å²) in [6.45, 7) is 5.13. The zero-order valence-electron chi connectivity index (χ0n) is 10.3. The monoisotopic (exact) mass is 282 g/mol. The number of benzene rings is 1. The Morgan fingerprint density at radius 3 is 2.94 bits per heavy atom. The van der Waals surface area contributed by atoms with Gasteiger partial charge in [0, 0.05) is 22.7 Å².